The van der Waals surface area contributed by atoms with E-state index in [1.54, 1.807) is 0 Å². The second-order valence-electron chi connectivity index (χ2n) is 7.51. The number of hydrogen-bond acceptors (Lipinski definition) is 5. The maximum Gasteiger partial charge on any atom is 0.249 e. The smallest absolute Gasteiger partial charge is 0.249 e. The molecule has 0 bridgehead atoms. The van der Waals surface area contributed by atoms with E-state index in [1.165, 1.54) is 16.9 Å². The van der Waals surface area contributed by atoms with E-state index >= 15 is 0 Å². The number of unbranched alkanes of at least 4 members (excludes halogenated alkanes) is 3. The summed E-state index contributed by atoms with van der Waals surface area (Å²) in [6.45, 7) is 8.15. The predicted molar refractivity (Wildman–Crippen MR) is 119 cm³/mol. The molecule has 1 aromatic heterocycles. The Morgan fingerprint density at radius 2 is 1.79 bits per heavy atom. The van der Waals surface area contributed by atoms with Crippen molar-refractivity contribution < 1.29 is 9.59 Å². The molecule has 29 heavy (non-hydrogen) atoms. The molecule has 0 aliphatic rings. The molecular weight excluding hydrogens is 384 g/mol. The number of benzene rings is 1. The van der Waals surface area contributed by atoms with Crippen molar-refractivity contribution in [3.63, 3.8) is 0 Å². The Bertz CT molecular complexity index is 788. The van der Waals surface area contributed by atoms with Gasteiger partial charge in [-0.15, -0.1) is 10.2 Å². The van der Waals surface area contributed by atoms with E-state index in [0.29, 0.717) is 11.6 Å². The van der Waals surface area contributed by atoms with Crippen molar-refractivity contribution in [1.29, 1.82) is 0 Å². The number of anilines is 1. The Hall–Kier alpha value is -2.28. The van der Waals surface area contributed by atoms with Gasteiger partial charge >= 0.3 is 0 Å². The van der Waals surface area contributed by atoms with Crippen LogP contribution in [0.3, 0.4) is 0 Å². The van der Waals surface area contributed by atoms with Crippen molar-refractivity contribution in [2.75, 3.05) is 5.32 Å². The van der Waals surface area contributed by atoms with Gasteiger partial charge in [0.1, 0.15) is 11.0 Å². The third-order valence-corrected chi connectivity index (χ3v) is 5.91. The second kappa shape index (κ2) is 11.7. The maximum atomic E-state index is 12.8. The molecule has 0 saturated carbocycles. The van der Waals surface area contributed by atoms with E-state index in [9.17, 15) is 9.59 Å². The predicted octanol–water partition coefficient (Wildman–Crippen LogP) is 4.95. The zero-order chi connectivity index (χ0) is 21.2. The van der Waals surface area contributed by atoms with Crippen LogP contribution in [0.2, 0.25) is 0 Å². The Kier molecular flexibility index (Phi) is 9.25. The van der Waals surface area contributed by atoms with Gasteiger partial charge in [0, 0.05) is 12.0 Å². The molecule has 1 aromatic carbocycles. The fraction of sp³-hybridized carbons (Fsp3) is 0.545. The summed E-state index contributed by atoms with van der Waals surface area (Å²) in [7, 11) is 0. The number of amides is 2. The number of nitrogens with zero attached hydrogens (tertiary/aromatic N) is 2. The lowest BCUT2D eigenvalue weighted by Gasteiger charge is -2.23. The monoisotopic (exact) mass is 416 g/mol. The highest BCUT2D eigenvalue weighted by atomic mass is 32.1. The Labute approximate surface area is 177 Å². The highest BCUT2D eigenvalue weighted by Gasteiger charge is 2.26. The van der Waals surface area contributed by atoms with E-state index in [2.05, 4.69) is 27.8 Å². The lowest BCUT2D eigenvalue weighted by molar-refractivity contribution is -0.127. The van der Waals surface area contributed by atoms with Gasteiger partial charge in [0.05, 0.1) is 0 Å². The first kappa shape index (κ1) is 23.0. The highest BCUT2D eigenvalue weighted by Crippen LogP contribution is 2.26. The van der Waals surface area contributed by atoms with Crippen molar-refractivity contribution in [2.45, 2.75) is 72.3 Å². The van der Waals surface area contributed by atoms with Gasteiger partial charge in [0.2, 0.25) is 16.9 Å². The summed E-state index contributed by atoms with van der Waals surface area (Å²) in [5.74, 6) is -0.286. The summed E-state index contributed by atoms with van der Waals surface area (Å²) in [6, 6.07) is 7.43. The molecule has 158 valence electrons. The molecule has 0 saturated heterocycles. The maximum absolute atomic E-state index is 12.8. The average Bonchev–Trinajstić information content (AvgIpc) is 3.17. The SMILES string of the molecule is CCCCCCC(=O)NC(C(=O)Nc1nnc(-c2ccc(C)cc2)s1)C(C)CC. The lowest BCUT2D eigenvalue weighted by atomic mass is 9.98. The molecule has 0 fully saturated rings. The van der Waals surface area contributed by atoms with Gasteiger partial charge in [0.25, 0.3) is 0 Å². The standard InChI is InChI=1S/C22H32N4O2S/c1-5-7-8-9-10-18(27)23-19(16(4)6-2)20(28)24-22-26-25-21(29-22)17-13-11-15(3)12-14-17/h11-14,16,19H,5-10H2,1-4H3,(H,23,27)(H,24,26,28). The molecule has 2 unspecified atom stereocenters. The van der Waals surface area contributed by atoms with Crippen molar-refractivity contribution in [2.24, 2.45) is 5.92 Å². The topological polar surface area (TPSA) is 84.0 Å². The number of nitrogens with one attached hydrogen (secondary N) is 2. The number of aromatic nitrogens is 2. The van der Waals surface area contributed by atoms with E-state index in [-0.39, 0.29) is 17.7 Å². The molecule has 0 spiro atoms. The van der Waals surface area contributed by atoms with E-state index < -0.39 is 6.04 Å². The number of rotatable bonds is 11. The van der Waals surface area contributed by atoms with Crippen LogP contribution in [-0.4, -0.2) is 28.1 Å². The van der Waals surface area contributed by atoms with Crippen LogP contribution in [0, 0.1) is 12.8 Å². The molecule has 0 aliphatic heterocycles. The van der Waals surface area contributed by atoms with Crippen molar-refractivity contribution in [3.8, 4) is 10.6 Å². The zero-order valence-corrected chi connectivity index (χ0v) is 18.6. The number of hydrogen-bond donors (Lipinski definition) is 2. The van der Waals surface area contributed by atoms with Gasteiger partial charge < -0.3 is 5.32 Å². The molecule has 2 atom stereocenters. The fourth-order valence-electron chi connectivity index (χ4n) is 2.93. The molecule has 2 aromatic rings. The van der Waals surface area contributed by atoms with Crippen LogP contribution in [0.15, 0.2) is 24.3 Å². The van der Waals surface area contributed by atoms with Crippen LogP contribution in [0.25, 0.3) is 10.6 Å². The minimum atomic E-state index is -0.578. The highest BCUT2D eigenvalue weighted by molar-refractivity contribution is 7.18. The van der Waals surface area contributed by atoms with E-state index in [1.807, 2.05) is 45.0 Å². The lowest BCUT2D eigenvalue weighted by Crippen LogP contribution is -2.47. The molecule has 7 heteroatoms. The van der Waals surface area contributed by atoms with Crippen molar-refractivity contribution in [3.05, 3.63) is 29.8 Å². The molecule has 2 N–H and O–H groups in total. The van der Waals surface area contributed by atoms with Crippen molar-refractivity contribution >= 4 is 28.3 Å². The molecule has 0 aliphatic carbocycles. The number of carbonyl (C=O) groups is 2. The first-order chi connectivity index (χ1) is 13.9. The van der Waals surface area contributed by atoms with Crippen LogP contribution in [-0.2, 0) is 9.59 Å². The summed E-state index contributed by atoms with van der Waals surface area (Å²) in [4.78, 5) is 25.1. The quantitative estimate of drug-likeness (QED) is 0.508. The van der Waals surface area contributed by atoms with Gasteiger partial charge in [-0.3, -0.25) is 14.9 Å². The average molecular weight is 417 g/mol. The van der Waals surface area contributed by atoms with E-state index in [4.69, 9.17) is 0 Å². The normalized spacial score (nSPS) is 13.0. The first-order valence-electron chi connectivity index (χ1n) is 10.4. The summed E-state index contributed by atoms with van der Waals surface area (Å²) < 4.78 is 0. The summed E-state index contributed by atoms with van der Waals surface area (Å²) in [6.07, 6.45) is 5.39. The van der Waals surface area contributed by atoms with Crippen LogP contribution in [0.1, 0.15) is 64.9 Å². The third kappa shape index (κ3) is 7.24. The number of aryl methyl sites for hydroxylation is 1. The van der Waals surface area contributed by atoms with Gasteiger partial charge in [0.15, 0.2) is 0 Å². The molecule has 2 rings (SSSR count). The molecule has 6 nitrogen and oxygen atoms in total. The van der Waals surface area contributed by atoms with Gasteiger partial charge in [-0.1, -0.05) is 87.6 Å². The van der Waals surface area contributed by atoms with E-state index in [0.717, 1.165) is 42.7 Å². The van der Waals surface area contributed by atoms with Gasteiger partial charge in [-0.25, -0.2) is 0 Å². The summed E-state index contributed by atoms with van der Waals surface area (Å²) in [5, 5.41) is 15.2. The molecule has 1 heterocycles. The van der Waals surface area contributed by atoms with Gasteiger partial charge in [-0.2, -0.15) is 0 Å². The first-order valence-corrected chi connectivity index (χ1v) is 11.3. The molecule has 0 radical (unpaired) electrons. The fourth-order valence-corrected chi connectivity index (χ4v) is 3.68. The zero-order valence-electron chi connectivity index (χ0n) is 17.8. The Morgan fingerprint density at radius 1 is 1.07 bits per heavy atom. The number of carbonyl (C=O) groups excluding carboxylic acids is 2. The third-order valence-electron chi connectivity index (χ3n) is 5.02. The summed E-state index contributed by atoms with van der Waals surface area (Å²) in [5.41, 5.74) is 2.14. The molecular formula is C22H32N4O2S. The Balaban J connectivity index is 1.99. The van der Waals surface area contributed by atoms with Crippen LogP contribution in [0.4, 0.5) is 5.13 Å². The van der Waals surface area contributed by atoms with Crippen molar-refractivity contribution in [1.82, 2.24) is 15.5 Å². The minimum Gasteiger partial charge on any atom is -0.344 e. The van der Waals surface area contributed by atoms with Crippen LogP contribution in [0.5, 0.6) is 0 Å². The molecule has 2 amide bonds. The summed E-state index contributed by atoms with van der Waals surface area (Å²) >= 11 is 1.33. The second-order valence-corrected chi connectivity index (χ2v) is 8.49. The minimum absolute atomic E-state index is 0.0269. The van der Waals surface area contributed by atoms with Crippen LogP contribution < -0.4 is 10.6 Å². The van der Waals surface area contributed by atoms with Crippen LogP contribution >= 0.6 is 11.3 Å². The Morgan fingerprint density at radius 3 is 2.45 bits per heavy atom. The van der Waals surface area contributed by atoms with Gasteiger partial charge in [-0.05, 0) is 19.3 Å². The largest absolute Gasteiger partial charge is 0.344 e.